The molecule has 0 aliphatic heterocycles. The zero-order chi connectivity index (χ0) is 31.2. The molecule has 3 nitrogen and oxygen atoms in total. The Kier molecular flexibility index (Phi) is 14.7. The zero-order valence-corrected chi connectivity index (χ0v) is 30.6. The number of ketones is 1. The first-order valence-electron chi connectivity index (χ1n) is 17.5. The summed E-state index contributed by atoms with van der Waals surface area (Å²) in [6, 6.07) is 17.0. The summed E-state index contributed by atoms with van der Waals surface area (Å²) in [5.41, 5.74) is 6.08. The van der Waals surface area contributed by atoms with Crippen molar-refractivity contribution >= 4 is 16.6 Å². The minimum absolute atomic E-state index is 0. The quantitative estimate of drug-likeness (QED) is 0.159. The van der Waals surface area contributed by atoms with Crippen molar-refractivity contribution in [2.75, 3.05) is 0 Å². The standard InChI is InChI=1S/C24H26N.C17H28O2.CH4.Ir/c1-16-4-6-19(7-5-16)20-8-9-23-21(15-20)10-11-25-24(23)22-13-17(2)12-18(3)14-22;1-12-3-7-14(8-4-12)16(18)11-17(19)15-9-5-13(2)6-10-15;;/h8-13,15-16,19H,4-7H2,1-3H3;11-15,18H,3-10H2,1-2H3;1H4;/q-1;;;. The number of aromatic nitrogens is 1. The first-order valence-corrected chi connectivity index (χ1v) is 17.5. The van der Waals surface area contributed by atoms with Crippen LogP contribution >= 0.6 is 0 Å². The number of aliphatic hydroxyl groups excluding tert-OH is 1. The van der Waals surface area contributed by atoms with Gasteiger partial charge in [-0.15, -0.1) is 34.9 Å². The summed E-state index contributed by atoms with van der Waals surface area (Å²) in [5.74, 6) is 4.10. The first kappa shape index (κ1) is 38.2. The monoisotopic (exact) mass is 801 g/mol. The Morgan fingerprint density at radius 2 is 1.35 bits per heavy atom. The van der Waals surface area contributed by atoms with Crippen LogP contribution in [0.5, 0.6) is 0 Å². The molecule has 3 aliphatic rings. The summed E-state index contributed by atoms with van der Waals surface area (Å²) in [5, 5.41) is 12.7. The third-order valence-electron chi connectivity index (χ3n) is 10.8. The number of carbonyl (C=O) groups excluding carboxylic acids is 1. The van der Waals surface area contributed by atoms with Crippen LogP contribution in [0.3, 0.4) is 0 Å². The summed E-state index contributed by atoms with van der Waals surface area (Å²) in [7, 11) is 0. The van der Waals surface area contributed by atoms with Gasteiger partial charge in [0.15, 0.2) is 5.78 Å². The number of pyridine rings is 1. The molecule has 3 saturated carbocycles. The molecule has 0 bridgehead atoms. The third-order valence-corrected chi connectivity index (χ3v) is 10.8. The van der Waals surface area contributed by atoms with E-state index in [9.17, 15) is 9.90 Å². The van der Waals surface area contributed by atoms with Crippen LogP contribution in [-0.2, 0) is 24.9 Å². The van der Waals surface area contributed by atoms with Gasteiger partial charge in [-0.3, -0.25) is 4.79 Å². The van der Waals surface area contributed by atoms with Crippen LogP contribution in [0, 0.1) is 49.5 Å². The summed E-state index contributed by atoms with van der Waals surface area (Å²) in [6.07, 6.45) is 17.6. The first-order chi connectivity index (χ1) is 21.2. The Balaban J connectivity index is 0.000000249. The summed E-state index contributed by atoms with van der Waals surface area (Å²) >= 11 is 0. The van der Waals surface area contributed by atoms with E-state index in [1.807, 2.05) is 6.20 Å². The summed E-state index contributed by atoms with van der Waals surface area (Å²) in [6.45, 7) is 11.2. The number of aryl methyl sites for hydroxylation is 2. The number of aliphatic hydroxyl groups is 1. The van der Waals surface area contributed by atoms with Crippen molar-refractivity contribution in [3.05, 3.63) is 77.2 Å². The molecule has 6 rings (SSSR count). The van der Waals surface area contributed by atoms with E-state index >= 15 is 0 Å². The Morgan fingerprint density at radius 3 is 1.93 bits per heavy atom. The molecule has 0 spiro atoms. The average molecular weight is 801 g/mol. The number of fused-ring (bicyclic) bond motifs is 1. The summed E-state index contributed by atoms with van der Waals surface area (Å²) < 4.78 is 0. The van der Waals surface area contributed by atoms with Crippen LogP contribution in [0.2, 0.25) is 0 Å². The van der Waals surface area contributed by atoms with Gasteiger partial charge in [0, 0.05) is 44.2 Å². The fourth-order valence-electron chi connectivity index (χ4n) is 7.76. The number of nitrogens with zero attached hydrogens (tertiary/aromatic N) is 1. The number of rotatable bonds is 5. The van der Waals surface area contributed by atoms with E-state index in [2.05, 4.69) is 82.1 Å². The fourth-order valence-corrected chi connectivity index (χ4v) is 7.76. The van der Waals surface area contributed by atoms with E-state index < -0.39 is 0 Å². The van der Waals surface area contributed by atoms with E-state index in [-0.39, 0.29) is 45.2 Å². The van der Waals surface area contributed by atoms with Crippen molar-refractivity contribution in [2.24, 2.45) is 29.6 Å². The molecule has 1 heterocycles. The fraction of sp³-hybridized carbons (Fsp3) is 0.571. The van der Waals surface area contributed by atoms with Gasteiger partial charge in [0.2, 0.25) is 0 Å². The Bertz CT molecular complexity index is 1420. The number of carbonyl (C=O) groups is 1. The second-order valence-electron chi connectivity index (χ2n) is 14.7. The molecule has 1 N–H and O–H groups in total. The van der Waals surface area contributed by atoms with Gasteiger partial charge in [0.25, 0.3) is 0 Å². The van der Waals surface area contributed by atoms with Crippen molar-refractivity contribution in [1.29, 1.82) is 0 Å². The normalized spacial score (nSPS) is 26.6. The van der Waals surface area contributed by atoms with Crippen LogP contribution in [0.25, 0.3) is 22.0 Å². The number of hydrogen-bond acceptors (Lipinski definition) is 3. The number of benzene rings is 2. The van der Waals surface area contributed by atoms with Crippen LogP contribution in [-0.4, -0.2) is 15.9 Å². The predicted octanol–water partition coefficient (Wildman–Crippen LogP) is 11.9. The van der Waals surface area contributed by atoms with Crippen molar-refractivity contribution in [1.82, 2.24) is 4.98 Å². The second kappa shape index (κ2) is 17.7. The van der Waals surface area contributed by atoms with Gasteiger partial charge in [0.1, 0.15) is 0 Å². The molecule has 2 aromatic carbocycles. The zero-order valence-electron chi connectivity index (χ0n) is 28.2. The Morgan fingerprint density at radius 1 is 0.783 bits per heavy atom. The maximum absolute atomic E-state index is 12.2. The molecule has 46 heavy (non-hydrogen) atoms. The van der Waals surface area contributed by atoms with Crippen LogP contribution in [0.1, 0.15) is 128 Å². The van der Waals surface area contributed by atoms with E-state index in [0.717, 1.165) is 73.5 Å². The van der Waals surface area contributed by atoms with Crippen LogP contribution < -0.4 is 0 Å². The van der Waals surface area contributed by atoms with Gasteiger partial charge in [-0.2, -0.15) is 0 Å². The van der Waals surface area contributed by atoms with Crippen LogP contribution in [0.15, 0.2) is 54.4 Å². The largest absolute Gasteiger partial charge is 0.512 e. The molecule has 3 fully saturated rings. The predicted molar refractivity (Wildman–Crippen MR) is 191 cm³/mol. The molecular formula is C42H58IrNO2-. The molecular weight excluding hydrogens is 743 g/mol. The molecule has 4 heteroatoms. The smallest absolute Gasteiger partial charge is 0.162 e. The Hall–Kier alpha value is -2.29. The van der Waals surface area contributed by atoms with Crippen molar-refractivity contribution in [3.63, 3.8) is 0 Å². The molecule has 253 valence electrons. The van der Waals surface area contributed by atoms with Crippen molar-refractivity contribution < 1.29 is 30.0 Å². The minimum Gasteiger partial charge on any atom is -0.512 e. The number of hydrogen-bond donors (Lipinski definition) is 1. The van der Waals surface area contributed by atoms with Gasteiger partial charge in [0.05, 0.1) is 5.76 Å². The van der Waals surface area contributed by atoms with Gasteiger partial charge in [-0.1, -0.05) is 98.8 Å². The number of allylic oxidation sites excluding steroid dienone is 2. The molecule has 0 atom stereocenters. The maximum Gasteiger partial charge on any atom is 0.162 e. The van der Waals surface area contributed by atoms with Gasteiger partial charge < -0.3 is 10.1 Å². The molecule has 3 aliphatic carbocycles. The SMILES string of the molecule is C.CC1CCC(C(=O)C=C(O)C2CCC(C)CC2)CC1.Cc1[c-]c(-c2nccc3cc(C4CCC(C)CC4)ccc23)cc(C)c1.[Ir]. The average Bonchev–Trinajstić information content (AvgIpc) is 3.01. The second-order valence-corrected chi connectivity index (χ2v) is 14.7. The minimum atomic E-state index is 0. The van der Waals surface area contributed by atoms with E-state index in [0.29, 0.717) is 5.76 Å². The van der Waals surface area contributed by atoms with E-state index in [1.54, 1.807) is 6.08 Å². The van der Waals surface area contributed by atoms with E-state index in [1.165, 1.54) is 66.0 Å². The Labute approximate surface area is 293 Å². The molecule has 0 saturated heterocycles. The topological polar surface area (TPSA) is 50.2 Å². The van der Waals surface area contributed by atoms with E-state index in [4.69, 9.17) is 0 Å². The van der Waals surface area contributed by atoms with Gasteiger partial charge in [-0.25, -0.2) is 0 Å². The third kappa shape index (κ3) is 10.1. The maximum atomic E-state index is 12.2. The van der Waals surface area contributed by atoms with Crippen LogP contribution in [0.4, 0.5) is 0 Å². The van der Waals surface area contributed by atoms with Gasteiger partial charge in [-0.05, 0) is 90.3 Å². The molecule has 3 aromatic rings. The van der Waals surface area contributed by atoms with Crippen molar-refractivity contribution in [2.45, 2.75) is 125 Å². The molecule has 0 unspecified atom stereocenters. The van der Waals surface area contributed by atoms with Crippen molar-refractivity contribution in [3.8, 4) is 11.3 Å². The molecule has 1 radical (unpaired) electrons. The molecule has 0 amide bonds. The van der Waals surface area contributed by atoms with Gasteiger partial charge >= 0.3 is 0 Å². The molecule has 1 aromatic heterocycles. The summed E-state index contributed by atoms with van der Waals surface area (Å²) in [4.78, 5) is 16.9.